The fourth-order valence-corrected chi connectivity index (χ4v) is 2.17. The summed E-state index contributed by atoms with van der Waals surface area (Å²) in [6, 6.07) is 5.10. The lowest BCUT2D eigenvalue weighted by Crippen LogP contribution is -2.51. The van der Waals surface area contributed by atoms with Crippen molar-refractivity contribution in [2.24, 2.45) is 10.4 Å². The molecule has 2 N–H and O–H groups in total. The van der Waals surface area contributed by atoms with Gasteiger partial charge in [0.05, 0.1) is 19.8 Å². The molecular weight excluding hydrogens is 396 g/mol. The van der Waals surface area contributed by atoms with Gasteiger partial charge in [-0.15, -0.1) is 24.0 Å². The van der Waals surface area contributed by atoms with E-state index in [9.17, 15) is 4.39 Å². The van der Waals surface area contributed by atoms with Gasteiger partial charge in [0, 0.05) is 18.5 Å². The van der Waals surface area contributed by atoms with Gasteiger partial charge >= 0.3 is 0 Å². The number of benzene rings is 1. The van der Waals surface area contributed by atoms with Gasteiger partial charge in [0.15, 0.2) is 5.96 Å². The van der Waals surface area contributed by atoms with Crippen LogP contribution >= 0.6 is 24.0 Å². The van der Waals surface area contributed by atoms with Crippen LogP contribution in [0.1, 0.15) is 25.0 Å². The smallest absolute Gasteiger partial charge is 0.191 e. The van der Waals surface area contributed by atoms with Crippen LogP contribution in [0.3, 0.4) is 0 Å². The first-order valence-corrected chi connectivity index (χ1v) is 7.37. The van der Waals surface area contributed by atoms with Gasteiger partial charge in [-0.05, 0) is 31.0 Å². The molecule has 22 heavy (non-hydrogen) atoms. The number of rotatable bonds is 5. The van der Waals surface area contributed by atoms with Crippen LogP contribution in [0.25, 0.3) is 0 Å². The molecule has 4 nitrogen and oxygen atoms in total. The number of halogens is 2. The van der Waals surface area contributed by atoms with E-state index >= 15 is 0 Å². The van der Waals surface area contributed by atoms with E-state index < -0.39 is 0 Å². The van der Waals surface area contributed by atoms with Gasteiger partial charge in [-0.25, -0.2) is 9.38 Å². The summed E-state index contributed by atoms with van der Waals surface area (Å²) in [6.07, 6.45) is 0. The minimum Gasteiger partial charge on any atom is -0.380 e. The number of aliphatic imine (C=N–C) groups is 1. The van der Waals surface area contributed by atoms with Crippen molar-refractivity contribution in [1.29, 1.82) is 0 Å². The summed E-state index contributed by atoms with van der Waals surface area (Å²) in [6.45, 7) is 9.74. The molecule has 6 heteroatoms. The maximum Gasteiger partial charge on any atom is 0.191 e. The standard InChI is InChI=1S/C16H24FN3O.HI/c1-4-18-15(20-9-16(3)10-21-11-16)19-8-13-5-6-14(17)12(2)7-13;/h5-7H,4,8-11H2,1-3H3,(H2,18,19,20);1H. The third-order valence-electron chi connectivity index (χ3n) is 3.57. The Morgan fingerprint density at radius 2 is 2.09 bits per heavy atom. The van der Waals surface area contributed by atoms with E-state index in [4.69, 9.17) is 4.74 Å². The van der Waals surface area contributed by atoms with Crippen molar-refractivity contribution in [3.63, 3.8) is 0 Å². The summed E-state index contributed by atoms with van der Waals surface area (Å²) in [4.78, 5) is 4.55. The summed E-state index contributed by atoms with van der Waals surface area (Å²) >= 11 is 0. The highest BCUT2D eigenvalue weighted by Crippen LogP contribution is 2.24. The number of nitrogens with zero attached hydrogens (tertiary/aromatic N) is 1. The Kier molecular flexibility index (Phi) is 7.55. The Bertz CT molecular complexity index is 518. The van der Waals surface area contributed by atoms with Gasteiger partial charge < -0.3 is 15.4 Å². The van der Waals surface area contributed by atoms with E-state index in [-0.39, 0.29) is 35.2 Å². The van der Waals surface area contributed by atoms with Gasteiger partial charge in [-0.1, -0.05) is 19.1 Å². The first-order valence-electron chi connectivity index (χ1n) is 7.37. The highest BCUT2D eigenvalue weighted by atomic mass is 127. The molecule has 1 fully saturated rings. The van der Waals surface area contributed by atoms with Gasteiger partial charge in [0.25, 0.3) is 0 Å². The molecule has 0 radical (unpaired) electrons. The van der Waals surface area contributed by atoms with E-state index in [0.717, 1.165) is 37.8 Å². The van der Waals surface area contributed by atoms with Crippen LogP contribution in [0.4, 0.5) is 4.39 Å². The molecule has 2 rings (SSSR count). The Balaban J connectivity index is 0.00000242. The Labute approximate surface area is 148 Å². The average Bonchev–Trinajstić information content (AvgIpc) is 2.43. The van der Waals surface area contributed by atoms with E-state index in [1.54, 1.807) is 13.0 Å². The normalized spacial score (nSPS) is 16.5. The number of nitrogens with one attached hydrogen (secondary N) is 2. The second-order valence-electron chi connectivity index (χ2n) is 5.94. The first-order chi connectivity index (χ1) is 10.0. The molecule has 1 saturated heterocycles. The van der Waals surface area contributed by atoms with Crippen LogP contribution in [-0.4, -0.2) is 32.3 Å². The minimum absolute atomic E-state index is 0. The molecule has 124 valence electrons. The van der Waals surface area contributed by atoms with Crippen LogP contribution in [0.5, 0.6) is 0 Å². The monoisotopic (exact) mass is 421 g/mol. The Morgan fingerprint density at radius 1 is 1.36 bits per heavy atom. The highest BCUT2D eigenvalue weighted by molar-refractivity contribution is 14.0. The molecule has 0 bridgehead atoms. The zero-order valence-electron chi connectivity index (χ0n) is 13.4. The van der Waals surface area contributed by atoms with Crippen LogP contribution in [0.15, 0.2) is 23.2 Å². The van der Waals surface area contributed by atoms with E-state index in [2.05, 4.69) is 22.5 Å². The second-order valence-corrected chi connectivity index (χ2v) is 5.94. The average molecular weight is 421 g/mol. The topological polar surface area (TPSA) is 45.7 Å². The van der Waals surface area contributed by atoms with Crippen molar-refractivity contribution < 1.29 is 9.13 Å². The first kappa shape index (κ1) is 19.2. The maximum atomic E-state index is 13.2. The molecule has 0 amide bonds. The van der Waals surface area contributed by atoms with Crippen molar-refractivity contribution in [3.05, 3.63) is 35.1 Å². The molecule has 0 unspecified atom stereocenters. The number of hydrogen-bond donors (Lipinski definition) is 2. The fourth-order valence-electron chi connectivity index (χ4n) is 2.17. The third kappa shape index (κ3) is 5.39. The van der Waals surface area contributed by atoms with E-state index in [1.807, 2.05) is 13.0 Å². The quantitative estimate of drug-likeness (QED) is 0.437. The lowest BCUT2D eigenvalue weighted by Gasteiger charge is -2.38. The van der Waals surface area contributed by atoms with Crippen molar-refractivity contribution in [3.8, 4) is 0 Å². The van der Waals surface area contributed by atoms with Crippen LogP contribution in [-0.2, 0) is 11.3 Å². The number of ether oxygens (including phenoxy) is 1. The summed E-state index contributed by atoms with van der Waals surface area (Å²) in [5, 5.41) is 6.57. The molecule has 1 aromatic carbocycles. The Morgan fingerprint density at radius 3 is 2.64 bits per heavy atom. The molecule has 1 aliphatic rings. The summed E-state index contributed by atoms with van der Waals surface area (Å²) < 4.78 is 18.5. The number of hydrogen-bond acceptors (Lipinski definition) is 2. The van der Waals surface area contributed by atoms with Gasteiger partial charge in [-0.3, -0.25) is 0 Å². The molecule has 1 aliphatic heterocycles. The van der Waals surface area contributed by atoms with E-state index in [1.165, 1.54) is 6.07 Å². The molecule has 1 heterocycles. The predicted octanol–water partition coefficient (Wildman–Crippen LogP) is 2.84. The molecule has 0 aliphatic carbocycles. The van der Waals surface area contributed by atoms with Crippen molar-refractivity contribution in [1.82, 2.24) is 10.6 Å². The lowest BCUT2D eigenvalue weighted by molar-refractivity contribution is -0.0971. The lowest BCUT2D eigenvalue weighted by atomic mass is 9.89. The summed E-state index contributed by atoms with van der Waals surface area (Å²) in [5.41, 5.74) is 1.85. The zero-order valence-corrected chi connectivity index (χ0v) is 15.7. The Hall–Kier alpha value is -0.890. The highest BCUT2D eigenvalue weighted by Gasteiger charge is 2.33. The second kappa shape index (κ2) is 8.67. The van der Waals surface area contributed by atoms with Gasteiger partial charge in [-0.2, -0.15) is 0 Å². The zero-order chi connectivity index (χ0) is 15.3. The molecule has 0 atom stereocenters. The SMILES string of the molecule is CCNC(=NCc1ccc(F)c(C)c1)NCC1(C)COC1.I. The number of aryl methyl sites for hydroxylation is 1. The fraction of sp³-hybridized carbons (Fsp3) is 0.562. The van der Waals surface area contributed by atoms with Crippen LogP contribution < -0.4 is 10.6 Å². The molecule has 1 aromatic rings. The van der Waals surface area contributed by atoms with Crippen molar-refractivity contribution in [2.45, 2.75) is 27.3 Å². The summed E-state index contributed by atoms with van der Waals surface area (Å²) in [7, 11) is 0. The van der Waals surface area contributed by atoms with Crippen LogP contribution in [0.2, 0.25) is 0 Å². The van der Waals surface area contributed by atoms with Crippen molar-refractivity contribution in [2.75, 3.05) is 26.3 Å². The summed E-state index contributed by atoms with van der Waals surface area (Å²) in [5.74, 6) is 0.610. The molecule has 0 spiro atoms. The molecule has 0 aromatic heterocycles. The van der Waals surface area contributed by atoms with Crippen LogP contribution in [0, 0.1) is 18.2 Å². The van der Waals surface area contributed by atoms with Gasteiger partial charge in [0.1, 0.15) is 5.82 Å². The molecule has 0 saturated carbocycles. The number of guanidine groups is 1. The van der Waals surface area contributed by atoms with E-state index in [0.29, 0.717) is 12.1 Å². The minimum atomic E-state index is -0.175. The maximum absolute atomic E-state index is 13.2. The van der Waals surface area contributed by atoms with Gasteiger partial charge in [0.2, 0.25) is 0 Å². The predicted molar refractivity (Wildman–Crippen MR) is 98.3 cm³/mol. The van der Waals surface area contributed by atoms with Crippen molar-refractivity contribution >= 4 is 29.9 Å². The largest absolute Gasteiger partial charge is 0.380 e. The molecular formula is C16H25FIN3O. The third-order valence-corrected chi connectivity index (χ3v) is 3.57.